The molecule has 0 unspecified atom stereocenters. The quantitative estimate of drug-likeness (QED) is 0.727. The largest absolute Gasteiger partial charge is 0.371 e. The van der Waals surface area contributed by atoms with Crippen LogP contribution in [0, 0.1) is 0 Å². The molecule has 2 saturated heterocycles. The second kappa shape index (κ2) is 10.3. The van der Waals surface area contributed by atoms with Gasteiger partial charge in [-0.25, -0.2) is 0 Å². The van der Waals surface area contributed by atoms with Crippen LogP contribution in [-0.4, -0.2) is 73.0 Å². The van der Waals surface area contributed by atoms with Gasteiger partial charge in [0, 0.05) is 57.0 Å². The van der Waals surface area contributed by atoms with E-state index in [1.54, 1.807) is 0 Å². The molecule has 1 aliphatic carbocycles. The summed E-state index contributed by atoms with van der Waals surface area (Å²) in [5.74, 6) is 0.181. The predicted octanol–water partition coefficient (Wildman–Crippen LogP) is 3.85. The molecule has 2 aliphatic heterocycles. The minimum absolute atomic E-state index is 0.0239. The molecule has 0 radical (unpaired) electrons. The molecule has 33 heavy (non-hydrogen) atoms. The van der Waals surface area contributed by atoms with E-state index >= 15 is 0 Å². The number of hydrogen-bond donors (Lipinski definition) is 1. The molecule has 3 fully saturated rings. The van der Waals surface area contributed by atoms with Crippen LogP contribution in [0.5, 0.6) is 0 Å². The Kier molecular flexibility index (Phi) is 6.97. The van der Waals surface area contributed by atoms with Gasteiger partial charge in [-0.2, -0.15) is 0 Å². The van der Waals surface area contributed by atoms with Crippen LogP contribution in [0.3, 0.4) is 0 Å². The van der Waals surface area contributed by atoms with Crippen LogP contribution >= 0.6 is 11.3 Å². The number of piperidine rings is 1. The van der Waals surface area contributed by atoms with Crippen molar-refractivity contribution in [2.75, 3.05) is 44.2 Å². The molecule has 1 aromatic heterocycles. The number of nitrogens with one attached hydrogen (secondary N) is 1. The second-order valence-corrected chi connectivity index (χ2v) is 10.4. The molecule has 2 amide bonds. The first-order valence-electron chi connectivity index (χ1n) is 12.4. The Morgan fingerprint density at radius 1 is 0.848 bits per heavy atom. The number of carbonyl (C=O) groups is 2. The molecule has 2 aromatic rings. The lowest BCUT2D eigenvalue weighted by atomic mass is 10.0. The molecule has 0 bridgehead atoms. The van der Waals surface area contributed by atoms with Gasteiger partial charge in [0.25, 0.3) is 11.8 Å². The van der Waals surface area contributed by atoms with Gasteiger partial charge in [-0.1, -0.05) is 31.0 Å². The van der Waals surface area contributed by atoms with Crippen molar-refractivity contribution in [3.63, 3.8) is 0 Å². The number of anilines is 1. The van der Waals surface area contributed by atoms with E-state index in [2.05, 4.69) is 21.2 Å². The molecule has 7 heteroatoms. The summed E-state index contributed by atoms with van der Waals surface area (Å²) in [5.41, 5.74) is 1.84. The number of amides is 2. The van der Waals surface area contributed by atoms with Crippen molar-refractivity contribution in [1.29, 1.82) is 0 Å². The highest BCUT2D eigenvalue weighted by Crippen LogP contribution is 2.28. The Bertz CT molecular complexity index is 941. The zero-order valence-electron chi connectivity index (χ0n) is 19.2. The molecule has 3 aliphatic rings. The van der Waals surface area contributed by atoms with Crippen molar-refractivity contribution in [3.05, 3.63) is 52.2 Å². The van der Waals surface area contributed by atoms with E-state index in [1.165, 1.54) is 37.0 Å². The van der Waals surface area contributed by atoms with Gasteiger partial charge in [-0.15, -0.1) is 11.3 Å². The number of hydrogen-bond acceptors (Lipinski definition) is 5. The number of benzene rings is 1. The lowest BCUT2D eigenvalue weighted by Crippen LogP contribution is -2.51. The third-order valence-corrected chi connectivity index (χ3v) is 8.36. The van der Waals surface area contributed by atoms with Crippen molar-refractivity contribution in [3.8, 4) is 0 Å². The Hall–Kier alpha value is -2.38. The van der Waals surface area contributed by atoms with Gasteiger partial charge in [0.05, 0.1) is 10.4 Å². The number of rotatable bonds is 5. The Morgan fingerprint density at radius 3 is 2.27 bits per heavy atom. The zero-order chi connectivity index (χ0) is 22.6. The minimum atomic E-state index is 0.0239. The van der Waals surface area contributed by atoms with Crippen LogP contribution in [0.15, 0.2) is 41.8 Å². The smallest absolute Gasteiger partial charge is 0.261 e. The Labute approximate surface area is 200 Å². The standard InChI is InChI=1S/C26H34N4O2S/c31-25(24-10-5-19-33-24)27-20-11-13-29(14-12-20)23-9-4-3-8-22(23)26(32)30-17-15-28(16-18-30)21-6-1-2-7-21/h3-5,8-10,19-21H,1-2,6-7,11-18H2,(H,27,31). The maximum atomic E-state index is 13.5. The summed E-state index contributed by atoms with van der Waals surface area (Å²) in [6.07, 6.45) is 7.12. The van der Waals surface area contributed by atoms with Crippen LogP contribution in [0.25, 0.3) is 0 Å². The third kappa shape index (κ3) is 5.09. The summed E-state index contributed by atoms with van der Waals surface area (Å²) in [4.78, 5) is 33.6. The number of piperazine rings is 1. The van der Waals surface area contributed by atoms with Crippen molar-refractivity contribution in [2.24, 2.45) is 0 Å². The third-order valence-electron chi connectivity index (χ3n) is 7.49. The van der Waals surface area contributed by atoms with Gasteiger partial charge in [0.1, 0.15) is 0 Å². The van der Waals surface area contributed by atoms with Gasteiger partial charge >= 0.3 is 0 Å². The molecule has 0 spiro atoms. The van der Waals surface area contributed by atoms with Crippen molar-refractivity contribution in [2.45, 2.75) is 50.6 Å². The van der Waals surface area contributed by atoms with E-state index in [9.17, 15) is 9.59 Å². The van der Waals surface area contributed by atoms with E-state index in [1.807, 2.05) is 40.6 Å². The molecular weight excluding hydrogens is 432 g/mol. The summed E-state index contributed by atoms with van der Waals surface area (Å²) in [6.45, 7) is 5.31. The number of thiophene rings is 1. The average Bonchev–Trinajstić information content (AvgIpc) is 3.59. The summed E-state index contributed by atoms with van der Waals surface area (Å²) in [7, 11) is 0. The van der Waals surface area contributed by atoms with Crippen molar-refractivity contribution < 1.29 is 9.59 Å². The normalized spacial score (nSPS) is 20.8. The fourth-order valence-corrected chi connectivity index (χ4v) is 6.22. The zero-order valence-corrected chi connectivity index (χ0v) is 20.1. The average molecular weight is 467 g/mol. The van der Waals surface area contributed by atoms with E-state index in [-0.39, 0.29) is 17.9 Å². The van der Waals surface area contributed by atoms with Crippen molar-refractivity contribution in [1.82, 2.24) is 15.1 Å². The monoisotopic (exact) mass is 466 g/mol. The molecule has 6 nitrogen and oxygen atoms in total. The van der Waals surface area contributed by atoms with Crippen LogP contribution in [-0.2, 0) is 0 Å². The van der Waals surface area contributed by atoms with E-state index < -0.39 is 0 Å². The molecule has 1 aromatic carbocycles. The summed E-state index contributed by atoms with van der Waals surface area (Å²) in [5, 5.41) is 5.11. The molecule has 1 saturated carbocycles. The summed E-state index contributed by atoms with van der Waals surface area (Å²) in [6, 6.07) is 12.7. The lowest BCUT2D eigenvalue weighted by molar-refractivity contribution is 0.0574. The number of para-hydroxylation sites is 1. The molecule has 3 heterocycles. The minimum Gasteiger partial charge on any atom is -0.371 e. The molecule has 0 atom stereocenters. The summed E-state index contributed by atoms with van der Waals surface area (Å²) >= 11 is 1.48. The first-order valence-corrected chi connectivity index (χ1v) is 13.3. The second-order valence-electron chi connectivity index (χ2n) is 9.50. The maximum absolute atomic E-state index is 13.5. The molecule has 5 rings (SSSR count). The van der Waals surface area contributed by atoms with Crippen LogP contribution in [0.1, 0.15) is 58.6 Å². The van der Waals surface area contributed by atoms with Crippen LogP contribution in [0.4, 0.5) is 5.69 Å². The SMILES string of the molecule is O=C(NC1CCN(c2ccccc2C(=O)N2CCN(C3CCCC3)CC2)CC1)c1cccs1. The van der Waals surface area contributed by atoms with Gasteiger partial charge in [-0.05, 0) is 49.3 Å². The Morgan fingerprint density at radius 2 is 1.58 bits per heavy atom. The molecule has 1 N–H and O–H groups in total. The van der Waals surface area contributed by atoms with Gasteiger partial charge < -0.3 is 15.1 Å². The molecule has 176 valence electrons. The van der Waals surface area contributed by atoms with Crippen LogP contribution in [0.2, 0.25) is 0 Å². The highest BCUT2D eigenvalue weighted by Gasteiger charge is 2.30. The van der Waals surface area contributed by atoms with Gasteiger partial charge in [0.2, 0.25) is 0 Å². The van der Waals surface area contributed by atoms with E-state index in [0.717, 1.165) is 74.3 Å². The maximum Gasteiger partial charge on any atom is 0.261 e. The van der Waals surface area contributed by atoms with E-state index in [0.29, 0.717) is 0 Å². The predicted molar refractivity (Wildman–Crippen MR) is 133 cm³/mol. The van der Waals surface area contributed by atoms with Crippen molar-refractivity contribution >= 4 is 28.8 Å². The van der Waals surface area contributed by atoms with Crippen LogP contribution < -0.4 is 10.2 Å². The lowest BCUT2D eigenvalue weighted by Gasteiger charge is -2.39. The topological polar surface area (TPSA) is 55.9 Å². The molecular formula is C26H34N4O2S. The number of carbonyl (C=O) groups excluding carboxylic acids is 2. The first kappa shape index (κ1) is 22.4. The Balaban J connectivity index is 1.18. The number of nitrogens with zero attached hydrogens (tertiary/aromatic N) is 3. The highest BCUT2D eigenvalue weighted by molar-refractivity contribution is 7.12. The first-order chi connectivity index (χ1) is 16.2. The van der Waals surface area contributed by atoms with E-state index in [4.69, 9.17) is 0 Å². The highest BCUT2D eigenvalue weighted by atomic mass is 32.1. The fourth-order valence-electron chi connectivity index (χ4n) is 5.59. The fraction of sp³-hybridized carbons (Fsp3) is 0.538. The van der Waals surface area contributed by atoms with Gasteiger partial charge in [-0.3, -0.25) is 14.5 Å². The van der Waals surface area contributed by atoms with Gasteiger partial charge in [0.15, 0.2) is 0 Å². The summed E-state index contributed by atoms with van der Waals surface area (Å²) < 4.78 is 0.